The summed E-state index contributed by atoms with van der Waals surface area (Å²) >= 11 is 6.44. The van der Waals surface area contributed by atoms with E-state index in [0.717, 1.165) is 30.3 Å². The lowest BCUT2D eigenvalue weighted by Crippen LogP contribution is -2.36. The third kappa shape index (κ3) is 3.87. The average molecular weight is 296 g/mol. The number of likely N-dealkylation sites (tertiary alicyclic amines) is 1. The van der Waals surface area contributed by atoms with Crippen LogP contribution in [0.4, 0.5) is 5.69 Å². The van der Waals surface area contributed by atoms with Gasteiger partial charge in [0.05, 0.1) is 10.7 Å². The van der Waals surface area contributed by atoms with Gasteiger partial charge in [0.15, 0.2) is 0 Å². The van der Waals surface area contributed by atoms with Crippen LogP contribution in [-0.2, 0) is 6.54 Å². The number of anilines is 1. The lowest BCUT2D eigenvalue weighted by Gasteiger charge is -2.28. The number of nitrogens with zero attached hydrogens (tertiary/aromatic N) is 2. The molecule has 0 amide bonds. The topological polar surface area (TPSA) is 18.5 Å². The first-order valence-electron chi connectivity index (χ1n) is 7.52. The first-order chi connectivity index (χ1) is 9.61. The van der Waals surface area contributed by atoms with Crippen LogP contribution in [0.1, 0.15) is 25.3 Å². The monoisotopic (exact) mass is 295 g/mol. The van der Waals surface area contributed by atoms with E-state index < -0.39 is 0 Å². The zero-order chi connectivity index (χ0) is 14.5. The fraction of sp³-hybridized carbons (Fsp3) is 0.625. The fourth-order valence-corrected chi connectivity index (χ4v) is 3.21. The minimum Gasteiger partial charge on any atom is -0.372 e. The van der Waals surface area contributed by atoms with Gasteiger partial charge >= 0.3 is 0 Å². The molecule has 1 fully saturated rings. The van der Waals surface area contributed by atoms with Gasteiger partial charge in [-0.1, -0.05) is 24.6 Å². The summed E-state index contributed by atoms with van der Waals surface area (Å²) in [5.74, 6) is 0. The van der Waals surface area contributed by atoms with E-state index in [0.29, 0.717) is 6.04 Å². The van der Waals surface area contributed by atoms with Crippen LogP contribution < -0.4 is 10.2 Å². The molecule has 0 aromatic heterocycles. The van der Waals surface area contributed by atoms with Crippen LogP contribution in [0.2, 0.25) is 5.02 Å². The Bertz CT molecular complexity index is 436. The summed E-state index contributed by atoms with van der Waals surface area (Å²) in [7, 11) is 4.35. The molecule has 1 aliphatic rings. The smallest absolute Gasteiger partial charge is 0.0642 e. The van der Waals surface area contributed by atoms with Gasteiger partial charge in [0.2, 0.25) is 0 Å². The van der Waals surface area contributed by atoms with Crippen LogP contribution in [-0.4, -0.2) is 44.7 Å². The molecule has 1 saturated heterocycles. The number of halogens is 1. The highest BCUT2D eigenvalue weighted by Crippen LogP contribution is 2.27. The minimum absolute atomic E-state index is 0.650. The summed E-state index contributed by atoms with van der Waals surface area (Å²) in [6.07, 6.45) is 2.60. The van der Waals surface area contributed by atoms with Crippen LogP contribution in [0.15, 0.2) is 18.2 Å². The molecule has 112 valence electrons. The Kier molecular flexibility index (Phi) is 5.70. The SMILES string of the molecule is CCNCc1ccc(N(C)CC2CCCN2C)c(Cl)c1. The van der Waals surface area contributed by atoms with Gasteiger partial charge in [0.25, 0.3) is 0 Å². The van der Waals surface area contributed by atoms with Crippen LogP contribution >= 0.6 is 11.6 Å². The van der Waals surface area contributed by atoms with E-state index in [1.165, 1.54) is 24.9 Å². The van der Waals surface area contributed by atoms with Gasteiger partial charge in [-0.3, -0.25) is 0 Å². The molecule has 0 radical (unpaired) electrons. The van der Waals surface area contributed by atoms with Crippen molar-refractivity contribution >= 4 is 17.3 Å². The van der Waals surface area contributed by atoms with Gasteiger partial charge in [0, 0.05) is 26.2 Å². The first kappa shape index (κ1) is 15.6. The van der Waals surface area contributed by atoms with Gasteiger partial charge in [-0.2, -0.15) is 0 Å². The zero-order valence-corrected chi connectivity index (χ0v) is 13.6. The van der Waals surface area contributed by atoms with E-state index in [-0.39, 0.29) is 0 Å². The van der Waals surface area contributed by atoms with E-state index in [9.17, 15) is 0 Å². The molecule has 1 aromatic rings. The number of hydrogen-bond donors (Lipinski definition) is 1. The zero-order valence-electron chi connectivity index (χ0n) is 12.8. The Morgan fingerprint density at radius 2 is 2.25 bits per heavy atom. The molecule has 0 bridgehead atoms. The lowest BCUT2D eigenvalue weighted by molar-refractivity contribution is 0.314. The molecular formula is C16H26ClN3. The van der Waals surface area contributed by atoms with Crippen molar-refractivity contribution < 1.29 is 0 Å². The summed E-state index contributed by atoms with van der Waals surface area (Å²) < 4.78 is 0. The summed E-state index contributed by atoms with van der Waals surface area (Å²) in [5, 5.41) is 4.18. The predicted octanol–water partition coefficient (Wildman–Crippen LogP) is 2.98. The number of nitrogens with one attached hydrogen (secondary N) is 1. The second-order valence-electron chi connectivity index (χ2n) is 5.72. The molecule has 0 saturated carbocycles. The highest BCUT2D eigenvalue weighted by molar-refractivity contribution is 6.33. The molecule has 1 unspecified atom stereocenters. The molecule has 1 aliphatic heterocycles. The number of benzene rings is 1. The lowest BCUT2D eigenvalue weighted by atomic mass is 10.1. The highest BCUT2D eigenvalue weighted by Gasteiger charge is 2.22. The first-order valence-corrected chi connectivity index (χ1v) is 7.90. The molecule has 1 heterocycles. The predicted molar refractivity (Wildman–Crippen MR) is 87.8 cm³/mol. The van der Waals surface area contributed by atoms with Crippen molar-refractivity contribution in [3.8, 4) is 0 Å². The molecule has 20 heavy (non-hydrogen) atoms. The minimum atomic E-state index is 0.650. The molecule has 0 aliphatic carbocycles. The van der Waals surface area contributed by atoms with Crippen molar-refractivity contribution in [1.82, 2.24) is 10.2 Å². The Balaban J connectivity index is 2.00. The van der Waals surface area contributed by atoms with Gasteiger partial charge in [0.1, 0.15) is 0 Å². The fourth-order valence-electron chi connectivity index (χ4n) is 2.86. The number of hydrogen-bond acceptors (Lipinski definition) is 3. The Morgan fingerprint density at radius 1 is 1.45 bits per heavy atom. The molecule has 1 atom stereocenters. The summed E-state index contributed by atoms with van der Waals surface area (Å²) in [4.78, 5) is 4.73. The average Bonchev–Trinajstić information content (AvgIpc) is 2.82. The second-order valence-corrected chi connectivity index (χ2v) is 6.13. The number of likely N-dealkylation sites (N-methyl/N-ethyl adjacent to an activating group) is 2. The van der Waals surface area contributed by atoms with Gasteiger partial charge < -0.3 is 15.1 Å². The number of rotatable bonds is 6. The van der Waals surface area contributed by atoms with Gasteiger partial charge in [-0.15, -0.1) is 0 Å². The maximum atomic E-state index is 6.44. The van der Waals surface area contributed by atoms with E-state index in [2.05, 4.69) is 54.3 Å². The largest absolute Gasteiger partial charge is 0.372 e. The highest BCUT2D eigenvalue weighted by atomic mass is 35.5. The molecule has 1 N–H and O–H groups in total. The molecular weight excluding hydrogens is 270 g/mol. The van der Waals surface area contributed by atoms with Gasteiger partial charge in [-0.25, -0.2) is 0 Å². The quantitative estimate of drug-likeness (QED) is 0.870. The third-order valence-corrected chi connectivity index (χ3v) is 4.46. The third-order valence-electron chi connectivity index (χ3n) is 4.16. The Labute approximate surface area is 127 Å². The van der Waals surface area contributed by atoms with Crippen molar-refractivity contribution in [2.45, 2.75) is 32.4 Å². The summed E-state index contributed by atoms with van der Waals surface area (Å²) in [5.41, 5.74) is 2.37. The van der Waals surface area contributed by atoms with Crippen molar-refractivity contribution in [3.05, 3.63) is 28.8 Å². The Morgan fingerprint density at radius 3 is 2.85 bits per heavy atom. The van der Waals surface area contributed by atoms with E-state index >= 15 is 0 Å². The van der Waals surface area contributed by atoms with Crippen LogP contribution in [0, 0.1) is 0 Å². The standard InChI is InChI=1S/C16H26ClN3/c1-4-18-11-13-7-8-16(15(17)10-13)20(3)12-14-6-5-9-19(14)2/h7-8,10,14,18H,4-6,9,11-12H2,1-3H3. The maximum Gasteiger partial charge on any atom is 0.0642 e. The van der Waals surface area contributed by atoms with Crippen molar-refractivity contribution in [3.63, 3.8) is 0 Å². The van der Waals surface area contributed by atoms with Crippen LogP contribution in [0.5, 0.6) is 0 Å². The molecule has 0 spiro atoms. The molecule has 2 rings (SSSR count). The van der Waals surface area contributed by atoms with Crippen molar-refractivity contribution in [1.29, 1.82) is 0 Å². The van der Waals surface area contributed by atoms with Gasteiger partial charge in [-0.05, 0) is 50.7 Å². The van der Waals surface area contributed by atoms with E-state index in [1.807, 2.05) is 0 Å². The van der Waals surface area contributed by atoms with E-state index in [1.54, 1.807) is 0 Å². The second kappa shape index (κ2) is 7.30. The van der Waals surface area contributed by atoms with E-state index in [4.69, 9.17) is 11.6 Å². The maximum absolute atomic E-state index is 6.44. The van der Waals surface area contributed by atoms with Crippen LogP contribution in [0.25, 0.3) is 0 Å². The van der Waals surface area contributed by atoms with Crippen molar-refractivity contribution in [2.24, 2.45) is 0 Å². The Hall–Kier alpha value is -0.770. The summed E-state index contributed by atoms with van der Waals surface area (Å²) in [6.45, 7) is 6.23. The van der Waals surface area contributed by atoms with Crippen LogP contribution in [0.3, 0.4) is 0 Å². The van der Waals surface area contributed by atoms with Crippen molar-refractivity contribution in [2.75, 3.05) is 38.6 Å². The summed E-state index contributed by atoms with van der Waals surface area (Å²) in [6, 6.07) is 7.04. The normalized spacial score (nSPS) is 19.5. The molecule has 3 nitrogen and oxygen atoms in total. The molecule has 1 aromatic carbocycles. The molecule has 4 heteroatoms.